The zero-order valence-electron chi connectivity index (χ0n) is 15.1. The molecule has 1 aliphatic heterocycles. The van der Waals surface area contributed by atoms with Crippen LogP contribution in [0.1, 0.15) is 42.0 Å². The van der Waals surface area contributed by atoms with Gasteiger partial charge in [0.25, 0.3) is 0 Å². The fraction of sp³-hybridized carbons (Fsp3) is 0.174. The van der Waals surface area contributed by atoms with E-state index in [0.717, 1.165) is 22.5 Å². The Morgan fingerprint density at radius 3 is 2.42 bits per heavy atom. The summed E-state index contributed by atoms with van der Waals surface area (Å²) in [5, 5.41) is 0. The highest BCUT2D eigenvalue weighted by molar-refractivity contribution is 6.16. The fourth-order valence-electron chi connectivity index (χ4n) is 3.21. The third-order valence-corrected chi connectivity index (χ3v) is 4.65. The Hall–Kier alpha value is -2.94. The summed E-state index contributed by atoms with van der Waals surface area (Å²) in [5.41, 5.74) is 5.10. The van der Waals surface area contributed by atoms with Gasteiger partial charge in [-0.2, -0.15) is 0 Å². The van der Waals surface area contributed by atoms with Gasteiger partial charge >= 0.3 is 0 Å². The lowest BCUT2D eigenvalue weighted by atomic mass is 9.96. The Morgan fingerprint density at radius 2 is 1.69 bits per heavy atom. The molecular formula is C23H20FNO. The Bertz CT molecular complexity index is 1000. The summed E-state index contributed by atoms with van der Waals surface area (Å²) in [6.07, 6.45) is 0. The maximum atomic E-state index is 14.2. The van der Waals surface area contributed by atoms with E-state index in [1.54, 1.807) is 0 Å². The molecule has 26 heavy (non-hydrogen) atoms. The minimum atomic E-state index is -0.290. The zero-order valence-corrected chi connectivity index (χ0v) is 15.1. The monoisotopic (exact) mass is 345 g/mol. The van der Waals surface area contributed by atoms with E-state index in [0.29, 0.717) is 23.0 Å². The van der Waals surface area contributed by atoms with Gasteiger partial charge in [0.2, 0.25) is 0 Å². The normalized spacial score (nSPS) is 12.7. The fourth-order valence-corrected chi connectivity index (χ4v) is 3.21. The Labute approximate surface area is 153 Å². The van der Waals surface area contributed by atoms with Gasteiger partial charge in [0.15, 0.2) is 5.75 Å². The van der Waals surface area contributed by atoms with Gasteiger partial charge in [-0.15, -0.1) is 0 Å². The molecule has 2 nitrogen and oxygen atoms in total. The largest absolute Gasteiger partial charge is 0.454 e. The number of ether oxygens (including phenoxy) is 1. The molecule has 1 heterocycles. The maximum Gasteiger partial charge on any atom is 0.153 e. The van der Waals surface area contributed by atoms with Gasteiger partial charge < -0.3 is 4.74 Å². The molecular weight excluding hydrogens is 325 g/mol. The van der Waals surface area contributed by atoms with E-state index in [4.69, 9.17) is 9.73 Å². The lowest BCUT2D eigenvalue weighted by Gasteiger charge is -2.13. The molecule has 4 rings (SSSR count). The molecule has 0 aromatic heterocycles. The average molecular weight is 345 g/mol. The Morgan fingerprint density at radius 1 is 0.962 bits per heavy atom. The second-order valence-electron chi connectivity index (χ2n) is 6.91. The van der Waals surface area contributed by atoms with Crippen LogP contribution in [0.25, 0.3) is 0 Å². The van der Waals surface area contributed by atoms with Crippen molar-refractivity contribution < 1.29 is 9.13 Å². The molecule has 0 N–H and O–H groups in total. The van der Waals surface area contributed by atoms with Gasteiger partial charge in [-0.3, -0.25) is 0 Å². The van der Waals surface area contributed by atoms with Crippen molar-refractivity contribution in [3.63, 3.8) is 0 Å². The van der Waals surface area contributed by atoms with E-state index >= 15 is 0 Å². The zero-order chi connectivity index (χ0) is 18.3. The SMILES string of the molecule is Cc1cc(F)cc2c1Oc1ccccc1N=C2c1ccc(C(C)C)cc1. The summed E-state index contributed by atoms with van der Waals surface area (Å²) in [6, 6.07) is 18.9. The second-order valence-corrected chi connectivity index (χ2v) is 6.91. The molecule has 0 unspecified atom stereocenters. The highest BCUT2D eigenvalue weighted by atomic mass is 19.1. The van der Waals surface area contributed by atoms with Gasteiger partial charge in [-0.25, -0.2) is 9.38 Å². The highest BCUT2D eigenvalue weighted by Gasteiger charge is 2.22. The smallest absolute Gasteiger partial charge is 0.153 e. The number of para-hydroxylation sites is 2. The molecule has 3 heteroatoms. The first-order valence-corrected chi connectivity index (χ1v) is 8.79. The van der Waals surface area contributed by atoms with Crippen LogP contribution in [0.3, 0.4) is 0 Å². The van der Waals surface area contributed by atoms with Gasteiger partial charge in [0.05, 0.1) is 5.71 Å². The molecule has 0 radical (unpaired) electrons. The molecule has 0 saturated heterocycles. The van der Waals surface area contributed by atoms with E-state index in [9.17, 15) is 4.39 Å². The Kier molecular flexibility index (Phi) is 4.08. The minimum absolute atomic E-state index is 0.290. The summed E-state index contributed by atoms with van der Waals surface area (Å²) in [4.78, 5) is 4.83. The number of rotatable bonds is 2. The van der Waals surface area contributed by atoms with Crippen molar-refractivity contribution in [3.05, 3.63) is 88.7 Å². The van der Waals surface area contributed by atoms with Crippen LogP contribution in [0.2, 0.25) is 0 Å². The van der Waals surface area contributed by atoms with Crippen molar-refractivity contribution in [1.82, 2.24) is 0 Å². The number of aryl methyl sites for hydroxylation is 1. The molecule has 0 spiro atoms. The van der Waals surface area contributed by atoms with Gasteiger partial charge in [-0.05, 0) is 48.2 Å². The van der Waals surface area contributed by atoms with Crippen LogP contribution in [0, 0.1) is 12.7 Å². The lowest BCUT2D eigenvalue weighted by molar-refractivity contribution is 0.478. The van der Waals surface area contributed by atoms with Crippen molar-refractivity contribution in [2.24, 2.45) is 4.99 Å². The summed E-state index contributed by atoms with van der Waals surface area (Å²) in [7, 11) is 0. The quantitative estimate of drug-likeness (QED) is 0.404. The van der Waals surface area contributed by atoms with Crippen molar-refractivity contribution in [3.8, 4) is 11.5 Å². The predicted molar refractivity (Wildman–Crippen MR) is 103 cm³/mol. The van der Waals surface area contributed by atoms with Gasteiger partial charge in [0, 0.05) is 11.1 Å². The number of halogens is 1. The third kappa shape index (κ3) is 2.90. The van der Waals surface area contributed by atoms with E-state index in [2.05, 4.69) is 26.0 Å². The topological polar surface area (TPSA) is 21.6 Å². The highest BCUT2D eigenvalue weighted by Crippen LogP contribution is 2.40. The summed E-state index contributed by atoms with van der Waals surface area (Å²) in [6.45, 7) is 6.18. The van der Waals surface area contributed by atoms with Crippen molar-refractivity contribution in [1.29, 1.82) is 0 Å². The van der Waals surface area contributed by atoms with Crippen LogP contribution in [0.15, 0.2) is 65.7 Å². The Balaban J connectivity index is 1.95. The number of nitrogens with zero attached hydrogens (tertiary/aromatic N) is 1. The molecule has 0 atom stereocenters. The molecule has 0 amide bonds. The molecule has 130 valence electrons. The van der Waals surface area contributed by atoms with Crippen LogP contribution < -0.4 is 4.74 Å². The third-order valence-electron chi connectivity index (χ3n) is 4.65. The predicted octanol–water partition coefficient (Wildman–Crippen LogP) is 6.53. The van der Waals surface area contributed by atoms with Crippen LogP contribution in [-0.2, 0) is 0 Å². The second kappa shape index (κ2) is 6.41. The number of hydrogen-bond donors (Lipinski definition) is 0. The molecule has 0 saturated carbocycles. The number of fused-ring (bicyclic) bond motifs is 2. The molecule has 3 aromatic rings. The number of hydrogen-bond acceptors (Lipinski definition) is 2. The van der Waals surface area contributed by atoms with Crippen molar-refractivity contribution in [2.45, 2.75) is 26.7 Å². The van der Waals surface area contributed by atoms with E-state index in [1.807, 2.05) is 43.3 Å². The first-order valence-electron chi connectivity index (χ1n) is 8.79. The molecule has 0 fully saturated rings. The van der Waals surface area contributed by atoms with E-state index < -0.39 is 0 Å². The molecule has 0 aliphatic carbocycles. The standard InChI is InChI=1S/C23H20FNO/c1-14(2)16-8-10-17(11-9-16)22-19-13-18(24)12-15(3)23(19)26-21-7-5-4-6-20(21)25-22/h4-14H,1-3H3. The van der Waals surface area contributed by atoms with Crippen LogP contribution >= 0.6 is 0 Å². The van der Waals surface area contributed by atoms with Crippen molar-refractivity contribution in [2.75, 3.05) is 0 Å². The summed E-state index contributed by atoms with van der Waals surface area (Å²) >= 11 is 0. The maximum absolute atomic E-state index is 14.2. The van der Waals surface area contributed by atoms with Gasteiger partial charge in [-0.1, -0.05) is 50.2 Å². The summed E-state index contributed by atoms with van der Waals surface area (Å²) in [5.74, 6) is 1.50. The molecule has 1 aliphatic rings. The summed E-state index contributed by atoms with van der Waals surface area (Å²) < 4.78 is 20.3. The van der Waals surface area contributed by atoms with Crippen LogP contribution in [0.5, 0.6) is 11.5 Å². The van der Waals surface area contributed by atoms with E-state index in [-0.39, 0.29) is 5.82 Å². The molecule has 3 aromatic carbocycles. The van der Waals surface area contributed by atoms with Crippen LogP contribution in [0.4, 0.5) is 10.1 Å². The van der Waals surface area contributed by atoms with Crippen LogP contribution in [-0.4, -0.2) is 5.71 Å². The average Bonchev–Trinajstić information content (AvgIpc) is 2.79. The minimum Gasteiger partial charge on any atom is -0.454 e. The first kappa shape index (κ1) is 16.5. The number of aliphatic imine (C=N–C) groups is 1. The van der Waals surface area contributed by atoms with Crippen molar-refractivity contribution >= 4 is 11.4 Å². The first-order chi connectivity index (χ1) is 12.5. The van der Waals surface area contributed by atoms with Gasteiger partial charge in [0.1, 0.15) is 17.3 Å². The van der Waals surface area contributed by atoms with E-state index in [1.165, 1.54) is 17.7 Å². The number of benzene rings is 3. The molecule has 0 bridgehead atoms. The lowest BCUT2D eigenvalue weighted by Crippen LogP contribution is -2.06.